The Hall–Kier alpha value is -2.17. The molecule has 9 nitrogen and oxygen atoms in total. The van der Waals surface area contributed by atoms with Crippen molar-refractivity contribution >= 4 is 27.5 Å². The summed E-state index contributed by atoms with van der Waals surface area (Å²) in [5, 5.41) is 5.56. The van der Waals surface area contributed by atoms with E-state index in [1.54, 1.807) is 20.1 Å². The van der Waals surface area contributed by atoms with Crippen molar-refractivity contribution in [3.05, 3.63) is 17.7 Å². The summed E-state index contributed by atoms with van der Waals surface area (Å²) in [5.74, 6) is -0.455. The highest BCUT2D eigenvalue weighted by molar-refractivity contribution is 7.89. The van der Waals surface area contributed by atoms with Crippen molar-refractivity contribution in [3.8, 4) is 5.75 Å². The molecule has 2 aliphatic heterocycles. The maximum absolute atomic E-state index is 13.4. The number of nitrogens with zero attached hydrogens (tertiary/aromatic N) is 1. The minimum atomic E-state index is -3.82. The maximum atomic E-state index is 13.4. The average Bonchev–Trinajstić information content (AvgIpc) is 2.73. The van der Waals surface area contributed by atoms with E-state index < -0.39 is 22.0 Å². The van der Waals surface area contributed by atoms with Gasteiger partial charge in [0.1, 0.15) is 5.75 Å². The van der Waals surface area contributed by atoms with E-state index in [2.05, 4.69) is 10.6 Å². The molecule has 0 radical (unpaired) electrons. The van der Waals surface area contributed by atoms with E-state index in [0.29, 0.717) is 56.0 Å². The minimum absolute atomic E-state index is 0.132. The van der Waals surface area contributed by atoms with E-state index >= 15 is 0 Å². The second kappa shape index (κ2) is 9.32. The van der Waals surface area contributed by atoms with Gasteiger partial charge < -0.3 is 20.1 Å². The second-order valence-corrected chi connectivity index (χ2v) is 9.51. The Bertz CT molecular complexity index is 917. The Labute approximate surface area is 177 Å². The summed E-state index contributed by atoms with van der Waals surface area (Å²) < 4.78 is 38.8. The van der Waals surface area contributed by atoms with Crippen molar-refractivity contribution in [2.45, 2.75) is 44.1 Å². The molecule has 2 amide bonds. The van der Waals surface area contributed by atoms with Crippen LogP contribution in [0.1, 0.15) is 31.7 Å². The van der Waals surface area contributed by atoms with Crippen LogP contribution in [0.5, 0.6) is 5.75 Å². The number of hydrogen-bond donors (Lipinski definition) is 2. The number of carbonyl (C=O) groups is 2. The summed E-state index contributed by atoms with van der Waals surface area (Å²) in [6.07, 6.45) is 1.08. The topological polar surface area (TPSA) is 114 Å². The molecule has 0 unspecified atom stereocenters. The van der Waals surface area contributed by atoms with Gasteiger partial charge in [-0.25, -0.2) is 8.42 Å². The Morgan fingerprint density at radius 3 is 2.87 bits per heavy atom. The van der Waals surface area contributed by atoms with Gasteiger partial charge in [0.05, 0.1) is 23.1 Å². The quantitative estimate of drug-likeness (QED) is 0.619. The zero-order valence-corrected chi connectivity index (χ0v) is 18.4. The van der Waals surface area contributed by atoms with Crippen molar-refractivity contribution in [2.24, 2.45) is 5.92 Å². The highest BCUT2D eigenvalue weighted by Gasteiger charge is 2.35. The predicted molar refractivity (Wildman–Crippen MR) is 111 cm³/mol. The van der Waals surface area contributed by atoms with Crippen molar-refractivity contribution < 1.29 is 27.5 Å². The van der Waals surface area contributed by atoms with Crippen LogP contribution in [0.4, 0.5) is 5.69 Å². The molecule has 166 valence electrons. The Balaban J connectivity index is 1.81. The van der Waals surface area contributed by atoms with Crippen molar-refractivity contribution in [3.63, 3.8) is 0 Å². The van der Waals surface area contributed by atoms with Crippen LogP contribution >= 0.6 is 0 Å². The molecule has 0 saturated carbocycles. The van der Waals surface area contributed by atoms with Gasteiger partial charge in [0.25, 0.3) is 5.91 Å². The maximum Gasteiger partial charge on any atom is 0.265 e. The number of rotatable bonds is 7. The van der Waals surface area contributed by atoms with Gasteiger partial charge in [0.2, 0.25) is 15.9 Å². The van der Waals surface area contributed by atoms with Gasteiger partial charge in [-0.15, -0.1) is 0 Å². The lowest BCUT2D eigenvalue weighted by Crippen LogP contribution is -2.46. The molecule has 0 aromatic heterocycles. The normalized spacial score (nSPS) is 22.0. The summed E-state index contributed by atoms with van der Waals surface area (Å²) >= 11 is 0. The fourth-order valence-corrected chi connectivity index (χ4v) is 5.51. The molecule has 10 heteroatoms. The van der Waals surface area contributed by atoms with Crippen LogP contribution in [-0.2, 0) is 24.3 Å². The highest BCUT2D eigenvalue weighted by atomic mass is 32.2. The molecule has 1 aromatic carbocycles. The average molecular weight is 440 g/mol. The van der Waals surface area contributed by atoms with Gasteiger partial charge in [-0.2, -0.15) is 4.31 Å². The number of anilines is 1. The molecule has 2 N–H and O–H groups in total. The van der Waals surface area contributed by atoms with Crippen molar-refractivity contribution in [1.82, 2.24) is 9.62 Å². The largest absolute Gasteiger partial charge is 0.478 e. The Kier molecular flexibility index (Phi) is 6.99. The summed E-state index contributed by atoms with van der Waals surface area (Å²) in [5.41, 5.74) is 0.981. The third-order valence-electron chi connectivity index (χ3n) is 5.45. The standard InChI is InChI=1S/C20H29N3O6S/c1-4-16-20(25)22-15-10-13(2)18(11-17(15)29-16)30(26,27)23-8-5-6-14(12-23)19(24)21-7-9-28-3/h10-11,14,16H,4-9,12H2,1-3H3,(H,21,24)(H,22,25)/t14-,16+/m0/s1. The molecule has 0 bridgehead atoms. The number of ether oxygens (including phenoxy) is 2. The molecule has 0 spiro atoms. The minimum Gasteiger partial charge on any atom is -0.478 e. The van der Waals surface area contributed by atoms with Gasteiger partial charge in [0.15, 0.2) is 6.10 Å². The lowest BCUT2D eigenvalue weighted by molar-refractivity contribution is -0.126. The first-order valence-electron chi connectivity index (χ1n) is 10.2. The molecule has 3 rings (SSSR count). The first kappa shape index (κ1) is 22.5. The van der Waals surface area contributed by atoms with E-state index in [-0.39, 0.29) is 23.3 Å². The highest BCUT2D eigenvalue weighted by Crippen LogP contribution is 2.36. The number of fused-ring (bicyclic) bond motifs is 1. The second-order valence-electron chi connectivity index (χ2n) is 7.60. The molecule has 1 saturated heterocycles. The molecule has 2 heterocycles. The smallest absolute Gasteiger partial charge is 0.265 e. The van der Waals surface area contributed by atoms with Gasteiger partial charge >= 0.3 is 0 Å². The molecular formula is C20H29N3O6S. The third-order valence-corrected chi connectivity index (χ3v) is 7.45. The summed E-state index contributed by atoms with van der Waals surface area (Å²) in [6.45, 7) is 4.80. The Morgan fingerprint density at radius 2 is 2.17 bits per heavy atom. The number of carbonyl (C=O) groups excluding carboxylic acids is 2. The SMILES string of the molecule is CC[C@H]1Oc2cc(S(=O)(=O)N3CCC[C@H](C(=O)NCCOC)C3)c(C)cc2NC1=O. The van der Waals surface area contributed by atoms with E-state index in [4.69, 9.17) is 9.47 Å². The van der Waals surface area contributed by atoms with Crippen molar-refractivity contribution in [1.29, 1.82) is 0 Å². The predicted octanol–water partition coefficient (Wildman–Crippen LogP) is 1.27. The molecule has 1 aromatic rings. The lowest BCUT2D eigenvalue weighted by atomic mass is 9.99. The van der Waals surface area contributed by atoms with Crippen LogP contribution < -0.4 is 15.4 Å². The number of amides is 2. The zero-order chi connectivity index (χ0) is 21.9. The van der Waals surface area contributed by atoms with E-state index in [1.807, 2.05) is 6.92 Å². The fraction of sp³-hybridized carbons (Fsp3) is 0.600. The van der Waals surface area contributed by atoms with Crippen LogP contribution in [0.25, 0.3) is 0 Å². The number of nitrogens with one attached hydrogen (secondary N) is 2. The van der Waals surface area contributed by atoms with Crippen molar-refractivity contribution in [2.75, 3.05) is 38.7 Å². The summed E-state index contributed by atoms with van der Waals surface area (Å²) in [4.78, 5) is 24.5. The fourth-order valence-electron chi connectivity index (χ4n) is 3.77. The lowest BCUT2D eigenvalue weighted by Gasteiger charge is -2.32. The molecule has 0 aliphatic carbocycles. The van der Waals surface area contributed by atoms with Crippen LogP contribution in [0.15, 0.2) is 17.0 Å². The molecule has 2 atom stereocenters. The number of methoxy groups -OCH3 is 1. The zero-order valence-electron chi connectivity index (χ0n) is 17.6. The Morgan fingerprint density at radius 1 is 1.40 bits per heavy atom. The van der Waals surface area contributed by atoms with Crippen LogP contribution in [0, 0.1) is 12.8 Å². The molecule has 2 aliphatic rings. The number of benzene rings is 1. The van der Waals surface area contributed by atoms with Gasteiger partial charge in [-0.1, -0.05) is 6.92 Å². The summed E-state index contributed by atoms with van der Waals surface area (Å²) in [6, 6.07) is 3.09. The van der Waals surface area contributed by atoms with Crippen LogP contribution in [0.2, 0.25) is 0 Å². The summed E-state index contributed by atoms with van der Waals surface area (Å²) in [7, 11) is -2.26. The molecule has 30 heavy (non-hydrogen) atoms. The van der Waals surface area contributed by atoms with Crippen LogP contribution in [-0.4, -0.2) is 64.0 Å². The molecular weight excluding hydrogens is 410 g/mol. The first-order chi connectivity index (χ1) is 14.3. The van der Waals surface area contributed by atoms with Gasteiger partial charge in [-0.05, 0) is 37.8 Å². The molecule has 1 fully saturated rings. The van der Waals surface area contributed by atoms with Gasteiger partial charge in [-0.3, -0.25) is 9.59 Å². The first-order valence-corrected chi connectivity index (χ1v) is 11.6. The van der Waals surface area contributed by atoms with Gasteiger partial charge in [0, 0.05) is 32.8 Å². The third kappa shape index (κ3) is 4.60. The number of sulfonamides is 1. The monoisotopic (exact) mass is 439 g/mol. The van der Waals surface area contributed by atoms with Crippen LogP contribution in [0.3, 0.4) is 0 Å². The van der Waals surface area contributed by atoms with E-state index in [0.717, 1.165) is 0 Å². The number of aryl methyl sites for hydroxylation is 1. The van der Waals surface area contributed by atoms with E-state index in [9.17, 15) is 18.0 Å². The number of piperidine rings is 1. The van der Waals surface area contributed by atoms with E-state index in [1.165, 1.54) is 10.4 Å². The number of hydrogen-bond acceptors (Lipinski definition) is 6.